The number of nitrogens with one attached hydrogen (secondary N) is 1. The highest BCUT2D eigenvalue weighted by atomic mass is 35.5. The molecule has 1 N–H and O–H groups in total. The quantitative estimate of drug-likeness (QED) is 0.359. The lowest BCUT2D eigenvalue weighted by molar-refractivity contribution is -0.384. The maximum Gasteiger partial charge on any atom is 0.331 e. The van der Waals surface area contributed by atoms with Crippen LogP contribution in [0.25, 0.3) is 6.08 Å². The number of non-ortho nitro benzene ring substituents is 1. The molecule has 0 aromatic heterocycles. The first-order valence-corrected chi connectivity index (χ1v) is 7.88. The smallest absolute Gasteiger partial charge is 0.331 e. The number of amides is 1. The summed E-state index contributed by atoms with van der Waals surface area (Å²) in [5.41, 5.74) is 1.89. The number of carbonyl (C=O) groups excluding carboxylic acids is 2. The summed E-state index contributed by atoms with van der Waals surface area (Å²) in [4.78, 5) is 33.5. The molecule has 26 heavy (non-hydrogen) atoms. The Bertz CT molecular complexity index is 880. The van der Waals surface area contributed by atoms with E-state index in [-0.39, 0.29) is 16.4 Å². The van der Waals surface area contributed by atoms with E-state index < -0.39 is 23.4 Å². The number of benzene rings is 2. The summed E-state index contributed by atoms with van der Waals surface area (Å²) in [6, 6.07) is 11.2. The van der Waals surface area contributed by atoms with Crippen LogP contribution in [-0.4, -0.2) is 23.4 Å². The number of hydrogen-bond donors (Lipinski definition) is 1. The van der Waals surface area contributed by atoms with E-state index in [2.05, 4.69) is 5.32 Å². The van der Waals surface area contributed by atoms with Gasteiger partial charge in [-0.1, -0.05) is 41.4 Å². The molecule has 0 saturated heterocycles. The van der Waals surface area contributed by atoms with Crippen LogP contribution in [0.4, 0.5) is 11.4 Å². The topological polar surface area (TPSA) is 98.5 Å². The number of nitrogens with zero attached hydrogens (tertiary/aromatic N) is 1. The summed E-state index contributed by atoms with van der Waals surface area (Å²) >= 11 is 5.87. The third kappa shape index (κ3) is 5.71. The molecular weight excluding hydrogens is 360 g/mol. The molecule has 0 heterocycles. The van der Waals surface area contributed by atoms with Crippen molar-refractivity contribution in [3.05, 3.63) is 74.8 Å². The molecule has 2 aromatic carbocycles. The summed E-state index contributed by atoms with van der Waals surface area (Å²) in [7, 11) is 0. The third-order valence-electron chi connectivity index (χ3n) is 3.24. The second-order valence-electron chi connectivity index (χ2n) is 5.32. The van der Waals surface area contributed by atoms with Gasteiger partial charge in [0.25, 0.3) is 11.6 Å². The molecule has 2 aromatic rings. The number of aryl methyl sites for hydroxylation is 1. The third-order valence-corrected chi connectivity index (χ3v) is 3.55. The molecule has 0 aliphatic rings. The van der Waals surface area contributed by atoms with Crippen LogP contribution in [0.1, 0.15) is 11.1 Å². The van der Waals surface area contributed by atoms with E-state index in [9.17, 15) is 19.7 Å². The number of carbonyl (C=O) groups is 2. The molecule has 0 saturated carbocycles. The summed E-state index contributed by atoms with van der Waals surface area (Å²) in [5.74, 6) is -1.28. The van der Waals surface area contributed by atoms with Gasteiger partial charge in [-0.3, -0.25) is 14.9 Å². The van der Waals surface area contributed by atoms with Gasteiger partial charge in [-0.25, -0.2) is 4.79 Å². The first-order chi connectivity index (χ1) is 12.3. The first kappa shape index (κ1) is 19.1. The monoisotopic (exact) mass is 374 g/mol. The van der Waals surface area contributed by atoms with Crippen molar-refractivity contribution in [2.75, 3.05) is 11.9 Å². The highest BCUT2D eigenvalue weighted by Gasteiger charge is 2.12. The van der Waals surface area contributed by atoms with Crippen molar-refractivity contribution >= 4 is 40.9 Å². The molecule has 1 amide bonds. The van der Waals surface area contributed by atoms with Gasteiger partial charge in [-0.15, -0.1) is 0 Å². The van der Waals surface area contributed by atoms with Crippen LogP contribution in [0.2, 0.25) is 5.02 Å². The van der Waals surface area contributed by atoms with E-state index in [0.29, 0.717) is 0 Å². The van der Waals surface area contributed by atoms with Gasteiger partial charge in [0.1, 0.15) is 0 Å². The van der Waals surface area contributed by atoms with Crippen molar-refractivity contribution in [3.63, 3.8) is 0 Å². The number of nitro benzene ring substituents is 1. The Hall–Kier alpha value is -3.19. The van der Waals surface area contributed by atoms with Crippen molar-refractivity contribution in [1.29, 1.82) is 0 Å². The lowest BCUT2D eigenvalue weighted by Crippen LogP contribution is -2.20. The lowest BCUT2D eigenvalue weighted by Gasteiger charge is -2.07. The fourth-order valence-corrected chi connectivity index (χ4v) is 2.25. The van der Waals surface area contributed by atoms with Crippen molar-refractivity contribution in [2.45, 2.75) is 6.92 Å². The zero-order valence-electron chi connectivity index (χ0n) is 13.8. The van der Waals surface area contributed by atoms with Crippen molar-refractivity contribution in [1.82, 2.24) is 0 Å². The summed E-state index contributed by atoms with van der Waals surface area (Å²) in [6.07, 6.45) is 2.81. The molecule has 0 aliphatic carbocycles. The number of rotatable bonds is 6. The second-order valence-corrected chi connectivity index (χ2v) is 5.73. The van der Waals surface area contributed by atoms with Gasteiger partial charge in [0, 0.05) is 18.2 Å². The fraction of sp³-hybridized carbons (Fsp3) is 0.111. The van der Waals surface area contributed by atoms with Crippen LogP contribution in [0.15, 0.2) is 48.5 Å². The highest BCUT2D eigenvalue weighted by Crippen LogP contribution is 2.26. The van der Waals surface area contributed by atoms with Gasteiger partial charge in [-0.2, -0.15) is 0 Å². The van der Waals surface area contributed by atoms with Crippen LogP contribution in [-0.2, 0) is 14.3 Å². The fourth-order valence-electron chi connectivity index (χ4n) is 2.03. The number of esters is 1. The largest absolute Gasteiger partial charge is 0.452 e. The predicted octanol–water partition coefficient (Wildman–Crippen LogP) is 3.75. The van der Waals surface area contributed by atoms with Crippen LogP contribution in [0.3, 0.4) is 0 Å². The molecular formula is C18H15ClN2O5. The zero-order chi connectivity index (χ0) is 19.1. The lowest BCUT2D eigenvalue weighted by atomic mass is 10.1. The normalized spacial score (nSPS) is 10.5. The van der Waals surface area contributed by atoms with Gasteiger partial charge in [0.2, 0.25) is 0 Å². The Labute approximate surface area is 154 Å². The average molecular weight is 375 g/mol. The van der Waals surface area contributed by atoms with Crippen LogP contribution >= 0.6 is 11.6 Å². The minimum Gasteiger partial charge on any atom is -0.452 e. The highest BCUT2D eigenvalue weighted by molar-refractivity contribution is 6.34. The summed E-state index contributed by atoms with van der Waals surface area (Å²) in [6.45, 7) is 1.42. The second kappa shape index (κ2) is 8.77. The Morgan fingerprint density at radius 2 is 2.04 bits per heavy atom. The number of halogens is 1. The first-order valence-electron chi connectivity index (χ1n) is 7.50. The summed E-state index contributed by atoms with van der Waals surface area (Å²) in [5, 5.41) is 13.1. The van der Waals surface area contributed by atoms with E-state index in [1.165, 1.54) is 18.2 Å². The Morgan fingerprint density at radius 1 is 1.27 bits per heavy atom. The molecule has 134 valence electrons. The molecule has 0 unspecified atom stereocenters. The molecule has 0 aliphatic heterocycles. The number of nitro groups is 1. The number of hydrogen-bond acceptors (Lipinski definition) is 5. The Kier molecular flexibility index (Phi) is 6.46. The molecule has 0 atom stereocenters. The Balaban J connectivity index is 1.86. The standard InChI is InChI=1S/C18H15ClN2O5/c1-12-3-2-4-13(9-12)5-8-18(23)26-11-17(22)20-16-7-6-14(21(24)25)10-15(16)19/h2-10H,11H2,1H3,(H,20,22)/b8-5+. The SMILES string of the molecule is Cc1cccc(/C=C/C(=O)OCC(=O)Nc2ccc([N+](=O)[O-])cc2Cl)c1. The molecule has 7 nitrogen and oxygen atoms in total. The van der Waals surface area contributed by atoms with E-state index >= 15 is 0 Å². The van der Waals surface area contributed by atoms with Crippen molar-refractivity contribution in [2.24, 2.45) is 0 Å². The van der Waals surface area contributed by atoms with E-state index in [4.69, 9.17) is 16.3 Å². The van der Waals surface area contributed by atoms with E-state index in [0.717, 1.165) is 17.2 Å². The van der Waals surface area contributed by atoms with Crippen LogP contribution in [0, 0.1) is 17.0 Å². The van der Waals surface area contributed by atoms with Gasteiger partial charge >= 0.3 is 5.97 Å². The van der Waals surface area contributed by atoms with Crippen LogP contribution in [0.5, 0.6) is 0 Å². The Morgan fingerprint density at radius 3 is 2.69 bits per heavy atom. The van der Waals surface area contributed by atoms with Gasteiger partial charge in [-0.05, 0) is 24.6 Å². The molecule has 0 fully saturated rings. The van der Waals surface area contributed by atoms with Gasteiger partial charge < -0.3 is 10.1 Å². The maximum atomic E-state index is 11.8. The van der Waals surface area contributed by atoms with Crippen molar-refractivity contribution < 1.29 is 19.2 Å². The minimum atomic E-state index is -0.670. The van der Waals surface area contributed by atoms with Gasteiger partial charge in [0.05, 0.1) is 15.6 Å². The average Bonchev–Trinajstić information content (AvgIpc) is 2.60. The summed E-state index contributed by atoms with van der Waals surface area (Å²) < 4.78 is 4.84. The molecule has 2 rings (SSSR count). The molecule has 0 bridgehead atoms. The van der Waals surface area contributed by atoms with Gasteiger partial charge in [0.15, 0.2) is 6.61 Å². The maximum absolute atomic E-state index is 11.8. The zero-order valence-corrected chi connectivity index (χ0v) is 14.5. The number of anilines is 1. The molecule has 0 spiro atoms. The predicted molar refractivity (Wildman–Crippen MR) is 97.9 cm³/mol. The molecule has 0 radical (unpaired) electrons. The number of ether oxygens (including phenoxy) is 1. The van der Waals surface area contributed by atoms with Crippen molar-refractivity contribution in [3.8, 4) is 0 Å². The minimum absolute atomic E-state index is 0.0122. The molecule has 8 heteroatoms. The van der Waals surface area contributed by atoms with E-state index in [1.54, 1.807) is 6.08 Å². The van der Waals surface area contributed by atoms with Crippen LogP contribution < -0.4 is 5.32 Å². The van der Waals surface area contributed by atoms with E-state index in [1.807, 2.05) is 31.2 Å².